The average Bonchev–Trinajstić information content (AvgIpc) is 2.73. The third-order valence-corrected chi connectivity index (χ3v) is 4.27. The second kappa shape index (κ2) is 5.63. The maximum atomic E-state index is 4.81. The molecule has 0 radical (unpaired) electrons. The van der Waals surface area contributed by atoms with Gasteiger partial charge in [-0.15, -0.1) is 11.3 Å². The summed E-state index contributed by atoms with van der Waals surface area (Å²) < 4.78 is 0. The van der Waals surface area contributed by atoms with Gasteiger partial charge in [0.25, 0.3) is 0 Å². The molecule has 1 N–H and O–H groups in total. The molecule has 0 aliphatic carbocycles. The van der Waals surface area contributed by atoms with Crippen LogP contribution in [0.15, 0.2) is 24.3 Å². The number of aromatic nitrogens is 1. The van der Waals surface area contributed by atoms with Crippen molar-refractivity contribution in [3.05, 3.63) is 39.7 Å². The minimum atomic E-state index is 0.470. The van der Waals surface area contributed by atoms with Crippen LogP contribution >= 0.6 is 11.3 Å². The van der Waals surface area contributed by atoms with E-state index in [-0.39, 0.29) is 0 Å². The maximum Gasteiger partial charge on any atom is 0.0976 e. The van der Waals surface area contributed by atoms with Gasteiger partial charge in [0.2, 0.25) is 0 Å². The van der Waals surface area contributed by atoms with Gasteiger partial charge in [0.05, 0.1) is 10.7 Å². The molecule has 0 aliphatic rings. The second-order valence-corrected chi connectivity index (χ2v) is 6.02. The Morgan fingerprint density at radius 1 is 1.22 bits per heavy atom. The molecule has 0 saturated heterocycles. The minimum absolute atomic E-state index is 0.470. The molecular weight excluding hydrogens is 240 g/mol. The number of hydrogen-bond donors (Lipinski definition) is 1. The molecular formula is C15H20N2S. The van der Waals surface area contributed by atoms with Gasteiger partial charge in [-0.05, 0) is 20.9 Å². The third-order valence-electron chi connectivity index (χ3n) is 3.07. The van der Waals surface area contributed by atoms with Crippen molar-refractivity contribution in [2.45, 2.75) is 26.7 Å². The molecule has 1 unspecified atom stereocenters. The first-order valence-electron chi connectivity index (χ1n) is 6.30. The molecule has 96 valence electrons. The summed E-state index contributed by atoms with van der Waals surface area (Å²) in [4.78, 5) is 6.11. The molecule has 1 atom stereocenters. The van der Waals surface area contributed by atoms with E-state index in [1.807, 2.05) is 18.4 Å². The molecule has 0 aliphatic heterocycles. The Labute approximate surface area is 113 Å². The molecule has 18 heavy (non-hydrogen) atoms. The number of hydrogen-bond acceptors (Lipinski definition) is 3. The Balaban J connectivity index is 2.31. The second-order valence-electron chi connectivity index (χ2n) is 4.78. The Hall–Kier alpha value is -1.19. The zero-order valence-electron chi connectivity index (χ0n) is 11.4. The molecule has 1 aromatic heterocycles. The van der Waals surface area contributed by atoms with Gasteiger partial charge in [-0.25, -0.2) is 4.98 Å². The van der Waals surface area contributed by atoms with E-state index in [1.54, 1.807) is 0 Å². The van der Waals surface area contributed by atoms with Crippen molar-refractivity contribution in [1.82, 2.24) is 10.3 Å². The van der Waals surface area contributed by atoms with Crippen molar-refractivity contribution in [2.75, 3.05) is 13.6 Å². The summed E-state index contributed by atoms with van der Waals surface area (Å²) in [5.74, 6) is 0.470. The fourth-order valence-electron chi connectivity index (χ4n) is 2.00. The summed E-state index contributed by atoms with van der Waals surface area (Å²) >= 11 is 1.81. The zero-order valence-corrected chi connectivity index (χ0v) is 12.3. The van der Waals surface area contributed by atoms with Crippen LogP contribution in [-0.2, 0) is 0 Å². The van der Waals surface area contributed by atoms with Gasteiger partial charge in [0.15, 0.2) is 0 Å². The smallest absolute Gasteiger partial charge is 0.0976 e. The summed E-state index contributed by atoms with van der Waals surface area (Å²) in [5.41, 5.74) is 3.64. The first-order chi connectivity index (χ1) is 8.61. The van der Waals surface area contributed by atoms with E-state index >= 15 is 0 Å². The molecule has 0 spiro atoms. The molecule has 3 heteroatoms. The van der Waals surface area contributed by atoms with Gasteiger partial charge < -0.3 is 5.32 Å². The lowest BCUT2D eigenvalue weighted by atomic mass is 10.1. The number of nitrogens with zero attached hydrogens (tertiary/aromatic N) is 1. The highest BCUT2D eigenvalue weighted by molar-refractivity contribution is 7.12. The summed E-state index contributed by atoms with van der Waals surface area (Å²) in [6.45, 7) is 7.45. The average molecular weight is 260 g/mol. The van der Waals surface area contributed by atoms with Crippen molar-refractivity contribution in [2.24, 2.45) is 0 Å². The summed E-state index contributed by atoms with van der Waals surface area (Å²) in [6, 6.07) is 8.60. The van der Waals surface area contributed by atoms with Crippen LogP contribution < -0.4 is 5.32 Å². The number of benzene rings is 1. The minimum Gasteiger partial charge on any atom is -0.319 e. The number of thiazole rings is 1. The highest BCUT2D eigenvalue weighted by atomic mass is 32.1. The largest absolute Gasteiger partial charge is 0.319 e. The maximum absolute atomic E-state index is 4.81. The Morgan fingerprint density at radius 3 is 2.50 bits per heavy atom. The number of rotatable bonds is 4. The Bertz CT molecular complexity index is 514. The van der Waals surface area contributed by atoms with Crippen LogP contribution in [0.4, 0.5) is 0 Å². The van der Waals surface area contributed by atoms with E-state index in [1.165, 1.54) is 21.0 Å². The predicted molar refractivity (Wildman–Crippen MR) is 79.4 cm³/mol. The number of nitrogens with one attached hydrogen (secondary N) is 1. The standard InChI is InChI=1S/C15H20N2S/c1-10-5-7-13(8-6-10)14-12(3)18-15(17-14)11(2)9-16-4/h5-8,11,16H,9H2,1-4H3. The topological polar surface area (TPSA) is 24.9 Å². The molecule has 0 saturated carbocycles. The summed E-state index contributed by atoms with van der Waals surface area (Å²) in [7, 11) is 1.98. The quantitative estimate of drug-likeness (QED) is 0.905. The number of likely N-dealkylation sites (N-methyl/N-ethyl adjacent to an activating group) is 1. The van der Waals surface area contributed by atoms with Crippen molar-refractivity contribution in [3.63, 3.8) is 0 Å². The fraction of sp³-hybridized carbons (Fsp3) is 0.400. The van der Waals surface area contributed by atoms with E-state index in [4.69, 9.17) is 4.98 Å². The van der Waals surface area contributed by atoms with Gasteiger partial charge in [0, 0.05) is 22.9 Å². The van der Waals surface area contributed by atoms with Crippen LogP contribution in [0.1, 0.15) is 28.3 Å². The highest BCUT2D eigenvalue weighted by Gasteiger charge is 2.14. The highest BCUT2D eigenvalue weighted by Crippen LogP contribution is 2.31. The molecule has 0 amide bonds. The predicted octanol–water partition coefficient (Wildman–Crippen LogP) is 3.75. The van der Waals surface area contributed by atoms with Crippen molar-refractivity contribution >= 4 is 11.3 Å². The summed E-state index contributed by atoms with van der Waals surface area (Å²) in [5, 5.41) is 4.43. The van der Waals surface area contributed by atoms with E-state index in [9.17, 15) is 0 Å². The SMILES string of the molecule is CNCC(C)c1nc(-c2ccc(C)cc2)c(C)s1. The van der Waals surface area contributed by atoms with E-state index in [0.717, 1.165) is 12.2 Å². The summed E-state index contributed by atoms with van der Waals surface area (Å²) in [6.07, 6.45) is 0. The normalized spacial score (nSPS) is 12.7. The molecule has 0 fully saturated rings. The molecule has 1 aromatic carbocycles. The van der Waals surface area contributed by atoms with Crippen molar-refractivity contribution in [1.29, 1.82) is 0 Å². The van der Waals surface area contributed by atoms with Gasteiger partial charge in [-0.2, -0.15) is 0 Å². The van der Waals surface area contributed by atoms with Gasteiger partial charge in [-0.3, -0.25) is 0 Å². The van der Waals surface area contributed by atoms with Crippen LogP contribution in [0.3, 0.4) is 0 Å². The monoisotopic (exact) mass is 260 g/mol. The molecule has 1 heterocycles. The lowest BCUT2D eigenvalue weighted by Crippen LogP contribution is -2.14. The lowest BCUT2D eigenvalue weighted by molar-refractivity contribution is 0.674. The van der Waals surface area contributed by atoms with Crippen LogP contribution in [0.25, 0.3) is 11.3 Å². The van der Waals surface area contributed by atoms with Gasteiger partial charge >= 0.3 is 0 Å². The number of aryl methyl sites for hydroxylation is 2. The first-order valence-corrected chi connectivity index (χ1v) is 7.12. The van der Waals surface area contributed by atoms with E-state index in [2.05, 4.69) is 50.4 Å². The fourth-order valence-corrected chi connectivity index (χ4v) is 3.00. The molecule has 2 aromatic rings. The lowest BCUT2D eigenvalue weighted by Gasteiger charge is -2.05. The van der Waals surface area contributed by atoms with E-state index in [0.29, 0.717) is 5.92 Å². The van der Waals surface area contributed by atoms with Gasteiger partial charge in [-0.1, -0.05) is 36.8 Å². The van der Waals surface area contributed by atoms with Crippen molar-refractivity contribution in [3.8, 4) is 11.3 Å². The molecule has 2 rings (SSSR count). The van der Waals surface area contributed by atoms with Crippen LogP contribution in [0.2, 0.25) is 0 Å². The first kappa shape index (κ1) is 13.2. The van der Waals surface area contributed by atoms with Crippen LogP contribution in [0, 0.1) is 13.8 Å². The van der Waals surface area contributed by atoms with Crippen LogP contribution in [0.5, 0.6) is 0 Å². The zero-order chi connectivity index (χ0) is 13.1. The van der Waals surface area contributed by atoms with Crippen LogP contribution in [-0.4, -0.2) is 18.6 Å². The van der Waals surface area contributed by atoms with Crippen molar-refractivity contribution < 1.29 is 0 Å². The van der Waals surface area contributed by atoms with Gasteiger partial charge in [0.1, 0.15) is 0 Å². The molecule has 0 bridgehead atoms. The third kappa shape index (κ3) is 2.79. The van der Waals surface area contributed by atoms with E-state index < -0.39 is 0 Å². The Kier molecular flexibility index (Phi) is 4.15. The molecule has 2 nitrogen and oxygen atoms in total. The Morgan fingerprint density at radius 2 is 1.89 bits per heavy atom.